The fourth-order valence-corrected chi connectivity index (χ4v) is 3.83. The number of ether oxygens (including phenoxy) is 1. The Balaban J connectivity index is 1.49. The zero-order valence-electron chi connectivity index (χ0n) is 13.3. The van der Waals surface area contributed by atoms with E-state index in [1.165, 1.54) is 0 Å². The summed E-state index contributed by atoms with van der Waals surface area (Å²) in [6, 6.07) is 2.06. The second-order valence-electron chi connectivity index (χ2n) is 6.58. The number of likely N-dealkylation sites (tertiary alicyclic amines) is 1. The maximum atomic E-state index is 12.7. The summed E-state index contributed by atoms with van der Waals surface area (Å²) in [6.07, 6.45) is 10.1. The largest absolute Gasteiger partial charge is 0.469 e. The van der Waals surface area contributed by atoms with Crippen molar-refractivity contribution in [2.24, 2.45) is 0 Å². The van der Waals surface area contributed by atoms with Gasteiger partial charge in [-0.25, -0.2) is 4.98 Å². The number of rotatable bonds is 2. The van der Waals surface area contributed by atoms with Crippen molar-refractivity contribution in [1.82, 2.24) is 14.5 Å². The number of aryl methyl sites for hydroxylation is 1. The van der Waals surface area contributed by atoms with Crippen molar-refractivity contribution in [1.29, 1.82) is 0 Å². The number of furan rings is 1. The Hall–Kier alpha value is -2.08. The molecule has 2 atom stereocenters. The number of carbonyl (C=O) groups is 1. The Labute approximate surface area is 135 Å². The average Bonchev–Trinajstić information content (AvgIpc) is 3.28. The Morgan fingerprint density at radius 1 is 1.48 bits per heavy atom. The van der Waals surface area contributed by atoms with Crippen LogP contribution in [0.4, 0.5) is 0 Å². The quantitative estimate of drug-likeness (QED) is 0.854. The summed E-state index contributed by atoms with van der Waals surface area (Å²) in [7, 11) is 0. The molecule has 2 aromatic rings. The molecule has 2 aliphatic heterocycles. The van der Waals surface area contributed by atoms with Crippen molar-refractivity contribution in [2.45, 2.75) is 37.8 Å². The molecule has 0 radical (unpaired) electrons. The SMILES string of the molecule is Cc1occc1C(=O)N1CCC[C@]2(C[C@@H](n3ccnc3)CO2)C1. The molecule has 23 heavy (non-hydrogen) atoms. The van der Waals surface area contributed by atoms with Gasteiger partial charge >= 0.3 is 0 Å². The van der Waals surface area contributed by atoms with Crippen molar-refractivity contribution >= 4 is 5.91 Å². The van der Waals surface area contributed by atoms with Crippen molar-refractivity contribution in [2.75, 3.05) is 19.7 Å². The first-order valence-corrected chi connectivity index (χ1v) is 8.12. The number of hydrogen-bond acceptors (Lipinski definition) is 4. The third kappa shape index (κ3) is 2.57. The van der Waals surface area contributed by atoms with E-state index in [2.05, 4.69) is 9.55 Å². The molecule has 0 saturated carbocycles. The van der Waals surface area contributed by atoms with Crippen LogP contribution in [-0.2, 0) is 4.74 Å². The molecular weight excluding hydrogens is 294 g/mol. The number of amides is 1. The van der Waals surface area contributed by atoms with Gasteiger partial charge in [-0.2, -0.15) is 0 Å². The van der Waals surface area contributed by atoms with Crippen LogP contribution in [0.5, 0.6) is 0 Å². The molecule has 2 aliphatic rings. The molecule has 1 amide bonds. The number of hydrogen-bond donors (Lipinski definition) is 0. The number of piperidine rings is 1. The molecule has 6 nitrogen and oxygen atoms in total. The first-order valence-electron chi connectivity index (χ1n) is 8.12. The van der Waals surface area contributed by atoms with E-state index >= 15 is 0 Å². The van der Waals surface area contributed by atoms with Gasteiger partial charge in [-0.15, -0.1) is 0 Å². The van der Waals surface area contributed by atoms with Crippen LogP contribution in [0.2, 0.25) is 0 Å². The zero-order chi connectivity index (χ0) is 15.9. The van der Waals surface area contributed by atoms with Gasteiger partial charge < -0.3 is 18.6 Å². The highest BCUT2D eigenvalue weighted by Gasteiger charge is 2.45. The lowest BCUT2D eigenvalue weighted by molar-refractivity contribution is -0.0449. The first-order chi connectivity index (χ1) is 11.2. The third-order valence-corrected chi connectivity index (χ3v) is 5.05. The predicted molar refractivity (Wildman–Crippen MR) is 83.1 cm³/mol. The van der Waals surface area contributed by atoms with Crippen LogP contribution in [-0.4, -0.2) is 45.7 Å². The predicted octanol–water partition coefficient (Wildman–Crippen LogP) is 2.42. The van der Waals surface area contributed by atoms with E-state index in [1.54, 1.807) is 18.5 Å². The van der Waals surface area contributed by atoms with Crippen LogP contribution in [0, 0.1) is 6.92 Å². The van der Waals surface area contributed by atoms with E-state index in [-0.39, 0.29) is 11.5 Å². The van der Waals surface area contributed by atoms with Gasteiger partial charge in [-0.05, 0) is 25.8 Å². The average molecular weight is 315 g/mol. The van der Waals surface area contributed by atoms with Gasteiger partial charge in [0.1, 0.15) is 5.76 Å². The Morgan fingerprint density at radius 3 is 3.13 bits per heavy atom. The van der Waals surface area contributed by atoms with E-state index in [9.17, 15) is 4.79 Å². The lowest BCUT2D eigenvalue weighted by Gasteiger charge is -2.39. The van der Waals surface area contributed by atoms with Crippen LogP contribution in [0.25, 0.3) is 0 Å². The first kappa shape index (κ1) is 14.5. The standard InChI is InChI=1S/C17H21N3O3/c1-13-15(3-8-22-13)16(21)19-6-2-4-17(11-19)9-14(10-23-17)20-7-5-18-12-20/h3,5,7-8,12,14H,2,4,6,9-11H2,1H3/t14-,17+/m1/s1. The topological polar surface area (TPSA) is 60.5 Å². The maximum Gasteiger partial charge on any atom is 0.257 e. The minimum atomic E-state index is -0.222. The molecular formula is C17H21N3O3. The van der Waals surface area contributed by atoms with Crippen LogP contribution >= 0.6 is 0 Å². The van der Waals surface area contributed by atoms with Gasteiger partial charge in [0.05, 0.1) is 42.9 Å². The summed E-state index contributed by atoms with van der Waals surface area (Å²) in [4.78, 5) is 18.8. The molecule has 4 heterocycles. The molecule has 2 fully saturated rings. The summed E-state index contributed by atoms with van der Waals surface area (Å²) in [6.45, 7) is 3.95. The van der Waals surface area contributed by atoms with Gasteiger partial charge in [-0.3, -0.25) is 4.79 Å². The molecule has 0 aromatic carbocycles. The molecule has 0 aliphatic carbocycles. The summed E-state index contributed by atoms with van der Waals surface area (Å²) in [5.74, 6) is 0.725. The molecule has 1 spiro atoms. The van der Waals surface area contributed by atoms with Gasteiger partial charge in [0.2, 0.25) is 0 Å². The highest BCUT2D eigenvalue weighted by atomic mass is 16.5. The van der Waals surface area contributed by atoms with Gasteiger partial charge in [-0.1, -0.05) is 0 Å². The van der Waals surface area contributed by atoms with Crippen LogP contribution in [0.15, 0.2) is 35.5 Å². The summed E-state index contributed by atoms with van der Waals surface area (Å²) >= 11 is 0. The van der Waals surface area contributed by atoms with Crippen LogP contribution < -0.4 is 0 Å². The molecule has 0 unspecified atom stereocenters. The minimum Gasteiger partial charge on any atom is -0.469 e. The van der Waals surface area contributed by atoms with Gasteiger partial charge in [0.25, 0.3) is 5.91 Å². The Kier molecular flexibility index (Phi) is 3.49. The third-order valence-electron chi connectivity index (χ3n) is 5.05. The van der Waals surface area contributed by atoms with Crippen LogP contribution in [0.1, 0.15) is 41.4 Å². The van der Waals surface area contributed by atoms with E-state index < -0.39 is 0 Å². The fraction of sp³-hybridized carbons (Fsp3) is 0.529. The summed E-state index contributed by atoms with van der Waals surface area (Å²) in [5, 5.41) is 0. The number of nitrogens with zero attached hydrogens (tertiary/aromatic N) is 3. The number of aromatic nitrogens is 2. The lowest BCUT2D eigenvalue weighted by Crippen LogP contribution is -2.50. The maximum absolute atomic E-state index is 12.7. The molecule has 6 heteroatoms. The highest BCUT2D eigenvalue weighted by Crippen LogP contribution is 2.39. The number of imidazole rings is 1. The fourth-order valence-electron chi connectivity index (χ4n) is 3.83. The second-order valence-corrected chi connectivity index (χ2v) is 6.58. The van der Waals surface area contributed by atoms with Gasteiger partial charge in [0, 0.05) is 25.4 Å². The molecule has 122 valence electrons. The lowest BCUT2D eigenvalue weighted by atomic mass is 9.88. The Bertz CT molecular complexity index is 694. The van der Waals surface area contributed by atoms with Crippen LogP contribution in [0.3, 0.4) is 0 Å². The van der Waals surface area contributed by atoms with Gasteiger partial charge in [0.15, 0.2) is 0 Å². The van der Waals surface area contributed by atoms with E-state index in [0.29, 0.717) is 30.5 Å². The Morgan fingerprint density at radius 2 is 2.39 bits per heavy atom. The number of carbonyl (C=O) groups excluding carboxylic acids is 1. The summed E-state index contributed by atoms with van der Waals surface area (Å²) < 4.78 is 13.6. The normalized spacial score (nSPS) is 27.7. The van der Waals surface area contributed by atoms with E-state index in [4.69, 9.17) is 9.15 Å². The van der Waals surface area contributed by atoms with Crippen molar-refractivity contribution in [3.63, 3.8) is 0 Å². The van der Waals surface area contributed by atoms with E-state index in [1.807, 2.05) is 24.3 Å². The molecule has 4 rings (SSSR count). The zero-order valence-corrected chi connectivity index (χ0v) is 13.3. The molecule has 0 bridgehead atoms. The minimum absolute atomic E-state index is 0.0463. The molecule has 2 saturated heterocycles. The van der Waals surface area contributed by atoms with Crippen molar-refractivity contribution < 1.29 is 13.9 Å². The summed E-state index contributed by atoms with van der Waals surface area (Å²) in [5.41, 5.74) is 0.437. The molecule has 0 N–H and O–H groups in total. The second kappa shape index (κ2) is 5.53. The van der Waals surface area contributed by atoms with E-state index in [0.717, 1.165) is 25.8 Å². The van der Waals surface area contributed by atoms with Crippen molar-refractivity contribution in [3.8, 4) is 0 Å². The monoisotopic (exact) mass is 315 g/mol. The molecule has 2 aromatic heterocycles. The van der Waals surface area contributed by atoms with Crippen molar-refractivity contribution in [3.05, 3.63) is 42.4 Å². The smallest absolute Gasteiger partial charge is 0.257 e. The highest BCUT2D eigenvalue weighted by molar-refractivity contribution is 5.95.